The first-order chi connectivity index (χ1) is 16.0. The highest BCUT2D eigenvalue weighted by Crippen LogP contribution is 2.32. The summed E-state index contributed by atoms with van der Waals surface area (Å²) < 4.78 is 0. The number of hydrogen-bond acceptors (Lipinski definition) is 4. The second-order valence-corrected chi connectivity index (χ2v) is 9.20. The van der Waals surface area contributed by atoms with E-state index >= 15 is 0 Å². The summed E-state index contributed by atoms with van der Waals surface area (Å²) in [6, 6.07) is 10.8. The van der Waals surface area contributed by atoms with Gasteiger partial charge in [0.1, 0.15) is 6.04 Å². The predicted octanol–water partition coefficient (Wildman–Crippen LogP) is 4.09. The standard InChI is InChI=1S/C12H11ClN2O2.C12H13ClN2O/c13-6-1-2-9-8(5-6)7-3-4-14-11(12(16)17)10(7)15-9;13-7-1-2-10-9(5-7)8-3-4-14-11(6-16)12(8)15-10/h1-2,5,11,14-15H,3-4H2,(H,16,17);1-2,5,11,14-16H,3-4,6H2. The Morgan fingerprint density at radius 1 is 0.879 bits per heavy atom. The third kappa shape index (κ3) is 4.11. The molecule has 2 aromatic heterocycles. The Bertz CT molecular complexity index is 1350. The minimum atomic E-state index is -0.858. The zero-order valence-corrected chi connectivity index (χ0v) is 19.2. The summed E-state index contributed by atoms with van der Waals surface area (Å²) in [6.07, 6.45) is 1.80. The van der Waals surface area contributed by atoms with E-state index in [-0.39, 0.29) is 12.6 Å². The molecule has 7 nitrogen and oxygen atoms in total. The molecule has 0 saturated carbocycles. The van der Waals surface area contributed by atoms with E-state index in [9.17, 15) is 9.90 Å². The van der Waals surface area contributed by atoms with Gasteiger partial charge in [0, 0.05) is 49.8 Å². The minimum Gasteiger partial charge on any atom is -0.480 e. The van der Waals surface area contributed by atoms with Crippen LogP contribution in [0.3, 0.4) is 0 Å². The number of fused-ring (bicyclic) bond motifs is 6. The van der Waals surface area contributed by atoms with Crippen molar-refractivity contribution >= 4 is 51.0 Å². The fourth-order valence-electron chi connectivity index (χ4n) is 4.85. The Morgan fingerprint density at radius 3 is 2.00 bits per heavy atom. The fraction of sp³-hybridized carbons (Fsp3) is 0.292. The number of aromatic nitrogens is 2. The molecule has 0 saturated heterocycles. The number of carbonyl (C=O) groups is 1. The molecule has 0 radical (unpaired) electrons. The summed E-state index contributed by atoms with van der Waals surface area (Å²) in [5.41, 5.74) is 6.24. The lowest BCUT2D eigenvalue weighted by atomic mass is 9.99. The highest BCUT2D eigenvalue weighted by molar-refractivity contribution is 6.31. The predicted molar refractivity (Wildman–Crippen MR) is 130 cm³/mol. The lowest BCUT2D eigenvalue weighted by Gasteiger charge is -2.22. The Balaban J connectivity index is 0.000000139. The van der Waals surface area contributed by atoms with Crippen molar-refractivity contribution in [3.05, 3.63) is 69.0 Å². The Labute approximate surface area is 200 Å². The number of hydrogen-bond donors (Lipinski definition) is 6. The quantitative estimate of drug-likeness (QED) is 0.255. The van der Waals surface area contributed by atoms with E-state index in [0.717, 1.165) is 57.8 Å². The van der Waals surface area contributed by atoms with Gasteiger partial charge in [-0.3, -0.25) is 10.1 Å². The molecule has 2 aliphatic rings. The third-order valence-electron chi connectivity index (χ3n) is 6.36. The van der Waals surface area contributed by atoms with Crippen molar-refractivity contribution in [2.75, 3.05) is 19.7 Å². The molecule has 0 bridgehead atoms. The van der Waals surface area contributed by atoms with E-state index in [1.165, 1.54) is 10.9 Å². The highest BCUT2D eigenvalue weighted by atomic mass is 35.5. The highest BCUT2D eigenvalue weighted by Gasteiger charge is 2.29. The van der Waals surface area contributed by atoms with Crippen LogP contribution in [0.4, 0.5) is 0 Å². The lowest BCUT2D eigenvalue weighted by molar-refractivity contribution is -0.139. The SMILES string of the molecule is O=C(O)C1NCCc2c1[nH]c1ccc(Cl)cc21.OCC1NCCc2c1[nH]c1ccc(Cl)cc21. The number of carboxylic acid groups (broad SMARTS) is 1. The van der Waals surface area contributed by atoms with E-state index < -0.39 is 12.0 Å². The van der Waals surface area contributed by atoms with Crippen LogP contribution in [-0.4, -0.2) is 45.8 Å². The number of halogens is 2. The average molecular weight is 487 g/mol. The average Bonchev–Trinajstić information content (AvgIpc) is 3.37. The monoisotopic (exact) mass is 486 g/mol. The molecule has 172 valence electrons. The number of aromatic amines is 2. The molecule has 6 N–H and O–H groups in total. The first-order valence-electron chi connectivity index (χ1n) is 10.9. The second kappa shape index (κ2) is 9.00. The van der Waals surface area contributed by atoms with Gasteiger partial charge in [0.2, 0.25) is 0 Å². The number of nitrogens with one attached hydrogen (secondary N) is 4. The van der Waals surface area contributed by atoms with Crippen LogP contribution in [0.5, 0.6) is 0 Å². The maximum absolute atomic E-state index is 11.2. The molecule has 0 fully saturated rings. The topological polar surface area (TPSA) is 113 Å². The zero-order valence-electron chi connectivity index (χ0n) is 17.7. The summed E-state index contributed by atoms with van der Waals surface area (Å²) in [5.74, 6) is -0.858. The van der Waals surface area contributed by atoms with Gasteiger partial charge in [-0.15, -0.1) is 0 Å². The van der Waals surface area contributed by atoms with Gasteiger partial charge in [0.05, 0.1) is 12.6 Å². The first kappa shape index (κ1) is 22.3. The molecule has 0 aliphatic carbocycles. The van der Waals surface area contributed by atoms with Gasteiger partial charge in [-0.25, -0.2) is 0 Å². The number of aliphatic carboxylic acids is 1. The summed E-state index contributed by atoms with van der Waals surface area (Å²) in [7, 11) is 0. The van der Waals surface area contributed by atoms with E-state index in [1.54, 1.807) is 6.07 Å². The van der Waals surface area contributed by atoms with Gasteiger partial charge in [-0.2, -0.15) is 0 Å². The van der Waals surface area contributed by atoms with E-state index in [4.69, 9.17) is 28.3 Å². The summed E-state index contributed by atoms with van der Waals surface area (Å²) >= 11 is 12.0. The fourth-order valence-corrected chi connectivity index (χ4v) is 5.19. The van der Waals surface area contributed by atoms with Crippen molar-refractivity contribution in [3.63, 3.8) is 0 Å². The van der Waals surface area contributed by atoms with E-state index in [0.29, 0.717) is 11.6 Å². The van der Waals surface area contributed by atoms with E-state index in [2.05, 4.69) is 20.6 Å². The lowest BCUT2D eigenvalue weighted by Crippen LogP contribution is -2.34. The van der Waals surface area contributed by atoms with Crippen LogP contribution in [0, 0.1) is 0 Å². The molecule has 0 spiro atoms. The number of aliphatic hydroxyl groups is 1. The van der Waals surface area contributed by atoms with Crippen molar-refractivity contribution in [2.45, 2.75) is 24.9 Å². The van der Waals surface area contributed by atoms with Crippen LogP contribution >= 0.6 is 23.2 Å². The van der Waals surface area contributed by atoms with Crippen molar-refractivity contribution in [1.29, 1.82) is 0 Å². The maximum atomic E-state index is 11.2. The molecular formula is C24H24Cl2N4O3. The van der Waals surface area contributed by atoms with Crippen LogP contribution in [0.1, 0.15) is 34.6 Å². The maximum Gasteiger partial charge on any atom is 0.326 e. The summed E-state index contributed by atoms with van der Waals surface area (Å²) in [4.78, 5) is 17.7. The molecular weight excluding hydrogens is 463 g/mol. The Kier molecular flexibility index (Phi) is 6.07. The number of rotatable bonds is 2. The molecule has 33 heavy (non-hydrogen) atoms. The number of H-pyrrole nitrogens is 2. The van der Waals surface area contributed by atoms with Crippen molar-refractivity contribution in [3.8, 4) is 0 Å². The van der Waals surface area contributed by atoms with Crippen molar-refractivity contribution in [1.82, 2.24) is 20.6 Å². The van der Waals surface area contributed by atoms with Gasteiger partial charge in [-0.05, 0) is 66.9 Å². The summed E-state index contributed by atoms with van der Waals surface area (Å²) in [6.45, 7) is 1.69. The van der Waals surface area contributed by atoms with Crippen LogP contribution in [0.2, 0.25) is 10.0 Å². The largest absolute Gasteiger partial charge is 0.480 e. The molecule has 2 aliphatic heterocycles. The molecule has 9 heteroatoms. The van der Waals surface area contributed by atoms with Crippen LogP contribution in [0.25, 0.3) is 21.8 Å². The smallest absolute Gasteiger partial charge is 0.326 e. The first-order valence-corrected chi connectivity index (χ1v) is 11.6. The van der Waals surface area contributed by atoms with Gasteiger partial charge >= 0.3 is 5.97 Å². The van der Waals surface area contributed by atoms with Crippen LogP contribution < -0.4 is 10.6 Å². The molecule has 0 amide bonds. The Hall–Kier alpha value is -2.55. The minimum absolute atomic E-state index is 0.0231. The number of benzene rings is 2. The Morgan fingerprint density at radius 2 is 1.42 bits per heavy atom. The third-order valence-corrected chi connectivity index (χ3v) is 6.83. The molecule has 4 heterocycles. The molecule has 4 aromatic rings. The molecule has 2 aromatic carbocycles. The van der Waals surface area contributed by atoms with Crippen molar-refractivity contribution in [2.24, 2.45) is 0 Å². The molecule has 2 atom stereocenters. The van der Waals surface area contributed by atoms with E-state index in [1.807, 2.05) is 30.3 Å². The summed E-state index contributed by atoms with van der Waals surface area (Å²) in [5, 5.41) is 28.4. The van der Waals surface area contributed by atoms with Crippen LogP contribution in [0.15, 0.2) is 36.4 Å². The van der Waals surface area contributed by atoms with Crippen molar-refractivity contribution < 1.29 is 15.0 Å². The normalized spacial score (nSPS) is 19.6. The number of aliphatic hydroxyl groups excluding tert-OH is 1. The van der Waals surface area contributed by atoms with Gasteiger partial charge in [-0.1, -0.05) is 23.2 Å². The molecule has 6 rings (SSSR count). The molecule has 2 unspecified atom stereocenters. The van der Waals surface area contributed by atoms with Gasteiger partial charge in [0.25, 0.3) is 0 Å². The van der Waals surface area contributed by atoms with Gasteiger partial charge < -0.3 is 25.5 Å². The zero-order chi connectivity index (χ0) is 23.1. The van der Waals surface area contributed by atoms with Gasteiger partial charge in [0.15, 0.2) is 0 Å². The number of carboxylic acids is 1. The second-order valence-electron chi connectivity index (χ2n) is 8.33. The van der Waals surface area contributed by atoms with Crippen LogP contribution in [-0.2, 0) is 17.6 Å².